The van der Waals surface area contributed by atoms with Crippen LogP contribution in [-0.4, -0.2) is 12.2 Å². The van der Waals surface area contributed by atoms with Gasteiger partial charge in [0.2, 0.25) is 0 Å². The molecule has 1 nitrogen and oxygen atoms in total. The molecule has 0 amide bonds. The maximum absolute atomic E-state index is 5.93. The molecule has 2 aliphatic carbocycles. The molecular weight excluding hydrogens is 172 g/mol. The van der Waals surface area contributed by atoms with E-state index in [1.807, 2.05) is 0 Å². The number of rotatable bonds is 1. The van der Waals surface area contributed by atoms with Gasteiger partial charge >= 0.3 is 0 Å². The van der Waals surface area contributed by atoms with Crippen LogP contribution in [0.25, 0.3) is 0 Å². The minimum absolute atomic E-state index is 0.485. The molecule has 3 atom stereocenters. The van der Waals surface area contributed by atoms with E-state index in [0.717, 1.165) is 17.3 Å². The lowest BCUT2D eigenvalue weighted by Crippen LogP contribution is -2.32. The lowest BCUT2D eigenvalue weighted by Gasteiger charge is -2.35. The highest BCUT2D eigenvalue weighted by molar-refractivity contribution is 5.16. The normalized spacial score (nSPS) is 58.9. The van der Waals surface area contributed by atoms with Crippen LogP contribution in [0.1, 0.15) is 38.5 Å². The van der Waals surface area contributed by atoms with Crippen LogP contribution in [0.2, 0.25) is 0 Å². The molecule has 3 unspecified atom stereocenters. The predicted molar refractivity (Wildman–Crippen MR) is 54.9 cm³/mol. The van der Waals surface area contributed by atoms with E-state index in [2.05, 4.69) is 12.2 Å². The molecule has 2 heterocycles. The van der Waals surface area contributed by atoms with Gasteiger partial charge in [0.25, 0.3) is 0 Å². The van der Waals surface area contributed by atoms with E-state index in [0.29, 0.717) is 12.2 Å². The fourth-order valence-corrected chi connectivity index (χ4v) is 4.63. The summed E-state index contributed by atoms with van der Waals surface area (Å²) in [6.45, 7) is 0. The Hall–Kier alpha value is -0.300. The van der Waals surface area contributed by atoms with Crippen LogP contribution in [-0.2, 0) is 4.74 Å². The Kier molecular flexibility index (Phi) is 1.38. The van der Waals surface area contributed by atoms with E-state index >= 15 is 0 Å². The monoisotopic (exact) mass is 190 g/mol. The fourth-order valence-electron chi connectivity index (χ4n) is 4.63. The van der Waals surface area contributed by atoms with Crippen LogP contribution in [0.15, 0.2) is 12.2 Å². The molecule has 76 valence electrons. The molecule has 0 aromatic rings. The molecule has 4 rings (SSSR count). The van der Waals surface area contributed by atoms with Gasteiger partial charge in [0, 0.05) is 0 Å². The average molecular weight is 190 g/mol. The molecule has 1 saturated heterocycles. The van der Waals surface area contributed by atoms with Crippen LogP contribution < -0.4 is 0 Å². The summed E-state index contributed by atoms with van der Waals surface area (Å²) in [7, 11) is 0. The Labute approximate surface area is 85.5 Å². The standard InChI is InChI=1S/C13H18O/c1-2-12-11(7-10(1)14-12)13-5-3-9(8-13)4-6-13/h1-2,9-12H,3-8H2. The highest BCUT2D eigenvalue weighted by atomic mass is 16.5. The van der Waals surface area contributed by atoms with E-state index in [9.17, 15) is 0 Å². The second-order valence-electron chi connectivity index (χ2n) is 5.88. The summed E-state index contributed by atoms with van der Waals surface area (Å²) in [5.74, 6) is 1.96. The maximum atomic E-state index is 5.93. The van der Waals surface area contributed by atoms with Gasteiger partial charge in [0.15, 0.2) is 0 Å². The van der Waals surface area contributed by atoms with Crippen molar-refractivity contribution in [3.8, 4) is 0 Å². The third-order valence-corrected chi connectivity index (χ3v) is 5.31. The molecular formula is C13H18O. The van der Waals surface area contributed by atoms with Gasteiger partial charge in [-0.2, -0.15) is 0 Å². The smallest absolute Gasteiger partial charge is 0.0799 e. The lowest BCUT2D eigenvalue weighted by molar-refractivity contribution is 0.0693. The molecule has 2 saturated carbocycles. The first-order chi connectivity index (χ1) is 6.86. The zero-order valence-electron chi connectivity index (χ0n) is 8.61. The second-order valence-corrected chi connectivity index (χ2v) is 5.88. The first-order valence-electron chi connectivity index (χ1n) is 6.20. The van der Waals surface area contributed by atoms with Crippen molar-refractivity contribution in [1.82, 2.24) is 0 Å². The molecule has 1 heteroatoms. The SMILES string of the molecule is C1=CC2OC1CC2C12CCC(CC1)C2. The summed E-state index contributed by atoms with van der Waals surface area (Å²) in [6.07, 6.45) is 14.5. The van der Waals surface area contributed by atoms with Crippen molar-refractivity contribution in [2.24, 2.45) is 17.3 Å². The van der Waals surface area contributed by atoms with Gasteiger partial charge in [0.1, 0.15) is 0 Å². The maximum Gasteiger partial charge on any atom is 0.0799 e. The van der Waals surface area contributed by atoms with Crippen molar-refractivity contribution in [1.29, 1.82) is 0 Å². The van der Waals surface area contributed by atoms with Crippen molar-refractivity contribution in [2.75, 3.05) is 0 Å². The molecule has 0 N–H and O–H groups in total. The van der Waals surface area contributed by atoms with E-state index < -0.39 is 0 Å². The van der Waals surface area contributed by atoms with Crippen LogP contribution in [0.3, 0.4) is 0 Å². The molecule has 4 bridgehead atoms. The molecule has 2 aliphatic heterocycles. The van der Waals surface area contributed by atoms with Gasteiger partial charge in [-0.1, -0.05) is 12.2 Å². The van der Waals surface area contributed by atoms with Crippen molar-refractivity contribution in [2.45, 2.75) is 50.7 Å². The summed E-state index contributed by atoms with van der Waals surface area (Å²) in [6, 6.07) is 0. The van der Waals surface area contributed by atoms with E-state index in [1.54, 1.807) is 0 Å². The minimum atomic E-state index is 0.485. The third-order valence-electron chi connectivity index (χ3n) is 5.31. The largest absolute Gasteiger partial charge is 0.367 e. The molecule has 0 radical (unpaired) electrons. The summed E-state index contributed by atoms with van der Waals surface area (Å²) in [5, 5.41) is 0. The first-order valence-corrected chi connectivity index (χ1v) is 6.20. The summed E-state index contributed by atoms with van der Waals surface area (Å²) < 4.78 is 5.93. The van der Waals surface area contributed by atoms with Gasteiger partial charge in [-0.15, -0.1) is 0 Å². The number of ether oxygens (including phenoxy) is 1. The van der Waals surface area contributed by atoms with Crippen molar-refractivity contribution < 1.29 is 4.74 Å². The van der Waals surface area contributed by atoms with Gasteiger partial charge in [-0.25, -0.2) is 0 Å². The van der Waals surface area contributed by atoms with Crippen LogP contribution >= 0.6 is 0 Å². The zero-order valence-corrected chi connectivity index (χ0v) is 8.61. The van der Waals surface area contributed by atoms with Crippen LogP contribution in [0, 0.1) is 17.3 Å². The number of hydrogen-bond donors (Lipinski definition) is 0. The summed E-state index contributed by atoms with van der Waals surface area (Å²) in [5.41, 5.74) is 0.717. The van der Waals surface area contributed by atoms with Gasteiger partial charge < -0.3 is 4.74 Å². The zero-order chi connectivity index (χ0) is 9.17. The predicted octanol–water partition coefficient (Wildman–Crippen LogP) is 2.91. The van der Waals surface area contributed by atoms with Crippen molar-refractivity contribution in [3.63, 3.8) is 0 Å². The molecule has 14 heavy (non-hydrogen) atoms. The van der Waals surface area contributed by atoms with Gasteiger partial charge in [-0.05, 0) is 55.8 Å². The Balaban J connectivity index is 1.66. The first kappa shape index (κ1) is 7.92. The van der Waals surface area contributed by atoms with E-state index in [4.69, 9.17) is 4.74 Å². The van der Waals surface area contributed by atoms with Gasteiger partial charge in [0.05, 0.1) is 12.2 Å². The molecule has 0 aromatic carbocycles. The lowest BCUT2D eigenvalue weighted by atomic mass is 9.68. The Bertz CT molecular complexity index is 286. The van der Waals surface area contributed by atoms with Gasteiger partial charge in [-0.3, -0.25) is 0 Å². The second kappa shape index (κ2) is 2.44. The highest BCUT2D eigenvalue weighted by Gasteiger charge is 2.55. The quantitative estimate of drug-likeness (QED) is 0.578. The number of hydrogen-bond acceptors (Lipinski definition) is 1. The molecule has 0 aromatic heterocycles. The molecule has 4 aliphatic rings. The molecule has 0 spiro atoms. The summed E-state index contributed by atoms with van der Waals surface area (Å²) >= 11 is 0. The van der Waals surface area contributed by atoms with E-state index in [1.165, 1.54) is 38.5 Å². The third kappa shape index (κ3) is 0.850. The van der Waals surface area contributed by atoms with Crippen LogP contribution in [0.4, 0.5) is 0 Å². The average Bonchev–Trinajstić information content (AvgIpc) is 2.98. The van der Waals surface area contributed by atoms with E-state index in [-0.39, 0.29) is 0 Å². The minimum Gasteiger partial charge on any atom is -0.367 e. The Morgan fingerprint density at radius 1 is 1.14 bits per heavy atom. The van der Waals surface area contributed by atoms with Crippen molar-refractivity contribution in [3.05, 3.63) is 12.2 Å². The fraction of sp³-hybridized carbons (Fsp3) is 0.846. The topological polar surface area (TPSA) is 9.23 Å². The summed E-state index contributed by atoms with van der Waals surface area (Å²) in [4.78, 5) is 0. The highest BCUT2D eigenvalue weighted by Crippen LogP contribution is 2.62. The Morgan fingerprint density at radius 2 is 2.00 bits per heavy atom. The van der Waals surface area contributed by atoms with Crippen LogP contribution in [0.5, 0.6) is 0 Å². The van der Waals surface area contributed by atoms with Crippen molar-refractivity contribution >= 4 is 0 Å². The molecule has 3 fully saturated rings. The number of fused-ring (bicyclic) bond motifs is 4. The Morgan fingerprint density at radius 3 is 2.50 bits per heavy atom.